The van der Waals surface area contributed by atoms with Gasteiger partial charge in [-0.15, -0.1) is 0 Å². The summed E-state index contributed by atoms with van der Waals surface area (Å²) >= 11 is 0. The van der Waals surface area contributed by atoms with Crippen molar-refractivity contribution in [3.63, 3.8) is 0 Å². The van der Waals surface area contributed by atoms with Crippen LogP contribution in [0.15, 0.2) is 42.5 Å². The number of anilines is 1. The maximum Gasteiger partial charge on any atom is 0.316 e. The third-order valence-corrected chi connectivity index (χ3v) is 5.84. The second-order valence-corrected chi connectivity index (χ2v) is 9.31. The fourth-order valence-electron chi connectivity index (χ4n) is 3.86. The topological polar surface area (TPSA) is 174 Å². The van der Waals surface area contributed by atoms with Gasteiger partial charge in [0.05, 0.1) is 12.7 Å². The largest absolute Gasteiger partial charge is 0.508 e. The standard InChI is InChI=1S/C27H41N3O5.C2H4O2/c28-27(34)30-24-11-8-10-21(17-24)9-4-3-7-16-35-15-6-2-1-5-14-29-19-26(33)22-12-13-25(32)23(18-22)20-31;1-2(3)4/h8,10-13,17-18,26,29,31-33H,1-7,9,14-16,19-20H2,(H3,28,30,34);1H3,(H,3,4)/t26-;/m0./s1. The van der Waals surface area contributed by atoms with E-state index in [1.807, 2.05) is 18.2 Å². The first-order valence-corrected chi connectivity index (χ1v) is 13.5. The SMILES string of the molecule is CC(=O)O.NC(=O)Nc1cccc(CCCCCOCCCCCCNC[C@H](O)c2ccc(O)c(CO)c2)c1. The van der Waals surface area contributed by atoms with Crippen LogP contribution in [0.2, 0.25) is 0 Å². The lowest BCUT2D eigenvalue weighted by molar-refractivity contribution is -0.134. The minimum absolute atomic E-state index is 0.0410. The lowest BCUT2D eigenvalue weighted by Gasteiger charge is -2.14. The smallest absolute Gasteiger partial charge is 0.316 e. The number of aromatic hydroxyl groups is 1. The summed E-state index contributed by atoms with van der Waals surface area (Å²) < 4.78 is 5.74. The van der Waals surface area contributed by atoms with Crippen LogP contribution in [0.1, 0.15) is 74.7 Å². The molecule has 0 saturated carbocycles. The van der Waals surface area contributed by atoms with Gasteiger partial charge in [-0.05, 0) is 74.0 Å². The van der Waals surface area contributed by atoms with Gasteiger partial charge in [0.1, 0.15) is 5.75 Å². The fraction of sp³-hybridized carbons (Fsp3) is 0.517. The summed E-state index contributed by atoms with van der Waals surface area (Å²) in [7, 11) is 0. The number of urea groups is 1. The van der Waals surface area contributed by atoms with Crippen LogP contribution in [0.25, 0.3) is 0 Å². The molecule has 0 radical (unpaired) electrons. The molecular weight excluding hydrogens is 502 g/mol. The van der Waals surface area contributed by atoms with E-state index in [0.717, 1.165) is 83.7 Å². The fourth-order valence-corrected chi connectivity index (χ4v) is 3.86. The molecule has 0 saturated heterocycles. The number of carbonyl (C=O) groups is 2. The highest BCUT2D eigenvalue weighted by atomic mass is 16.5. The quantitative estimate of drug-likeness (QED) is 0.137. The number of aliphatic carboxylic acids is 1. The number of hydrogen-bond donors (Lipinski definition) is 7. The number of unbranched alkanes of at least 4 members (excludes halogenated alkanes) is 5. The molecule has 39 heavy (non-hydrogen) atoms. The highest BCUT2D eigenvalue weighted by Gasteiger charge is 2.10. The molecule has 10 heteroatoms. The van der Waals surface area contributed by atoms with Gasteiger partial charge in [0.25, 0.3) is 5.97 Å². The number of benzene rings is 2. The van der Waals surface area contributed by atoms with Gasteiger partial charge in [0, 0.05) is 37.9 Å². The molecule has 0 aliphatic rings. The van der Waals surface area contributed by atoms with Crippen molar-refractivity contribution in [1.82, 2.24) is 5.32 Å². The molecule has 0 spiro atoms. The third-order valence-electron chi connectivity index (χ3n) is 5.84. The molecule has 10 nitrogen and oxygen atoms in total. The Kier molecular flexibility index (Phi) is 18.0. The van der Waals surface area contributed by atoms with E-state index < -0.39 is 18.1 Å². The Morgan fingerprint density at radius 3 is 2.31 bits per heavy atom. The molecule has 0 fully saturated rings. The second-order valence-electron chi connectivity index (χ2n) is 9.31. The number of aliphatic hydroxyl groups excluding tert-OH is 2. The molecule has 2 rings (SSSR count). The first-order valence-electron chi connectivity index (χ1n) is 13.5. The third kappa shape index (κ3) is 17.1. The first kappa shape index (κ1) is 33.8. The van der Waals surface area contributed by atoms with Crippen LogP contribution >= 0.6 is 0 Å². The van der Waals surface area contributed by atoms with Crippen molar-refractivity contribution in [3.8, 4) is 5.75 Å². The summed E-state index contributed by atoms with van der Waals surface area (Å²) in [5.74, 6) is -0.792. The van der Waals surface area contributed by atoms with Crippen molar-refractivity contribution >= 4 is 17.7 Å². The van der Waals surface area contributed by atoms with E-state index >= 15 is 0 Å². The minimum atomic E-state index is -0.833. The van der Waals surface area contributed by atoms with Gasteiger partial charge in [-0.3, -0.25) is 4.79 Å². The number of amides is 2. The average Bonchev–Trinajstić information content (AvgIpc) is 2.88. The number of primary amides is 1. The summed E-state index contributed by atoms with van der Waals surface area (Å²) in [6.07, 6.45) is 7.88. The number of phenols is 1. The Morgan fingerprint density at radius 1 is 0.974 bits per heavy atom. The number of nitrogens with one attached hydrogen (secondary N) is 2. The number of carboxylic acid groups (broad SMARTS) is 1. The molecule has 8 N–H and O–H groups in total. The van der Waals surface area contributed by atoms with Crippen LogP contribution in [0.3, 0.4) is 0 Å². The first-order chi connectivity index (χ1) is 18.7. The molecule has 2 aromatic rings. The number of rotatable bonds is 18. The zero-order valence-corrected chi connectivity index (χ0v) is 22.9. The van der Waals surface area contributed by atoms with E-state index in [1.165, 1.54) is 11.6 Å². The number of ether oxygens (including phenoxy) is 1. The molecular formula is C29H45N3O7. The maximum absolute atomic E-state index is 10.9. The summed E-state index contributed by atoms with van der Waals surface area (Å²) in [5.41, 5.74) is 8.18. The van der Waals surface area contributed by atoms with Gasteiger partial charge in [-0.25, -0.2) is 4.79 Å². The van der Waals surface area contributed by atoms with Crippen molar-refractivity contribution in [3.05, 3.63) is 59.2 Å². The number of carboxylic acids is 1. The number of aryl methyl sites for hydroxylation is 1. The Hall–Kier alpha value is -3.18. The summed E-state index contributed by atoms with van der Waals surface area (Å²) in [6.45, 7) is 3.69. The maximum atomic E-state index is 10.9. The summed E-state index contributed by atoms with van der Waals surface area (Å²) in [4.78, 5) is 19.9. The molecule has 2 amide bonds. The monoisotopic (exact) mass is 547 g/mol. The molecule has 2 aromatic carbocycles. The highest BCUT2D eigenvalue weighted by molar-refractivity contribution is 5.87. The van der Waals surface area contributed by atoms with Crippen LogP contribution in [0.4, 0.5) is 10.5 Å². The van der Waals surface area contributed by atoms with Crippen LogP contribution in [-0.2, 0) is 22.6 Å². The Bertz CT molecular complexity index is 968. The van der Waals surface area contributed by atoms with Gasteiger partial charge in [0.2, 0.25) is 0 Å². The predicted octanol–water partition coefficient (Wildman–Crippen LogP) is 4.08. The van der Waals surface area contributed by atoms with Crippen LogP contribution in [0.5, 0.6) is 5.75 Å². The van der Waals surface area contributed by atoms with Gasteiger partial charge >= 0.3 is 6.03 Å². The van der Waals surface area contributed by atoms with Gasteiger partial charge in [-0.2, -0.15) is 0 Å². The minimum Gasteiger partial charge on any atom is -0.508 e. The van der Waals surface area contributed by atoms with Crippen LogP contribution in [-0.4, -0.2) is 58.7 Å². The van der Waals surface area contributed by atoms with Gasteiger partial charge in [-0.1, -0.05) is 37.5 Å². The summed E-state index contributed by atoms with van der Waals surface area (Å²) in [5, 5.41) is 42.3. The molecule has 0 aliphatic carbocycles. The zero-order valence-electron chi connectivity index (χ0n) is 22.9. The molecule has 0 aliphatic heterocycles. The van der Waals surface area contributed by atoms with Crippen molar-refractivity contribution in [2.75, 3.05) is 31.6 Å². The van der Waals surface area contributed by atoms with E-state index in [1.54, 1.807) is 12.1 Å². The highest BCUT2D eigenvalue weighted by Crippen LogP contribution is 2.22. The lowest BCUT2D eigenvalue weighted by Crippen LogP contribution is -2.22. The summed E-state index contributed by atoms with van der Waals surface area (Å²) in [6, 6.07) is 12.0. The van der Waals surface area contributed by atoms with Gasteiger partial charge < -0.3 is 41.5 Å². The lowest BCUT2D eigenvalue weighted by atomic mass is 10.1. The Morgan fingerprint density at radius 2 is 1.64 bits per heavy atom. The molecule has 1 atom stereocenters. The number of nitrogens with two attached hydrogens (primary N) is 1. The molecule has 0 heterocycles. The second kappa shape index (κ2) is 20.7. The number of hydrogen-bond acceptors (Lipinski definition) is 7. The average molecular weight is 548 g/mol. The van der Waals surface area contributed by atoms with Crippen LogP contribution < -0.4 is 16.4 Å². The van der Waals surface area contributed by atoms with E-state index in [-0.39, 0.29) is 12.4 Å². The van der Waals surface area contributed by atoms with E-state index in [2.05, 4.69) is 16.7 Å². The van der Waals surface area contributed by atoms with E-state index in [9.17, 15) is 20.1 Å². The van der Waals surface area contributed by atoms with Crippen molar-refractivity contribution in [2.24, 2.45) is 5.73 Å². The zero-order chi connectivity index (χ0) is 28.9. The molecule has 0 bridgehead atoms. The molecule has 0 aromatic heterocycles. The molecule has 218 valence electrons. The van der Waals surface area contributed by atoms with Crippen molar-refractivity contribution < 1.29 is 34.8 Å². The van der Waals surface area contributed by atoms with E-state index in [4.69, 9.17) is 20.4 Å². The number of aliphatic hydroxyl groups is 2. The van der Waals surface area contributed by atoms with Crippen molar-refractivity contribution in [1.29, 1.82) is 0 Å². The normalized spacial score (nSPS) is 11.4. The number of carbonyl (C=O) groups excluding carboxylic acids is 1. The Labute approximate surface area is 231 Å². The Balaban J connectivity index is 0.00000177. The predicted molar refractivity (Wildman–Crippen MR) is 152 cm³/mol. The molecule has 0 unspecified atom stereocenters. The van der Waals surface area contributed by atoms with E-state index in [0.29, 0.717) is 17.7 Å². The van der Waals surface area contributed by atoms with Crippen LogP contribution in [0, 0.1) is 0 Å². The van der Waals surface area contributed by atoms with Gasteiger partial charge in [0.15, 0.2) is 0 Å². The van der Waals surface area contributed by atoms with Crippen molar-refractivity contribution in [2.45, 2.75) is 71.0 Å².